The number of hydrogen-bond acceptors (Lipinski definition) is 8. The van der Waals surface area contributed by atoms with Crippen LogP contribution in [0.5, 0.6) is 0 Å². The number of carbonyl (C=O) groups excluding carboxylic acids is 2. The van der Waals surface area contributed by atoms with Gasteiger partial charge in [0.2, 0.25) is 10.0 Å². The normalized spacial score (nSPS) is 10.9. The van der Waals surface area contributed by atoms with Crippen LogP contribution in [0.1, 0.15) is 5.56 Å². The summed E-state index contributed by atoms with van der Waals surface area (Å²) in [5.41, 5.74) is 0.609. The number of nitro benzene ring substituents is 1. The summed E-state index contributed by atoms with van der Waals surface area (Å²) in [6, 6.07) is 12.5. The number of nitro groups is 1. The third kappa shape index (κ3) is 6.76. The van der Waals surface area contributed by atoms with Crippen molar-refractivity contribution in [2.75, 3.05) is 32.6 Å². The van der Waals surface area contributed by atoms with E-state index in [1.165, 1.54) is 18.0 Å². The van der Waals surface area contributed by atoms with Crippen molar-refractivity contribution in [1.29, 1.82) is 0 Å². The van der Waals surface area contributed by atoms with Gasteiger partial charge in [-0.05, 0) is 17.7 Å². The predicted octanol–water partition coefficient (Wildman–Crippen LogP) is 1.12. The molecule has 1 amide bonds. The van der Waals surface area contributed by atoms with Gasteiger partial charge in [-0.15, -0.1) is 0 Å². The summed E-state index contributed by atoms with van der Waals surface area (Å²) in [6.45, 7) is -0.961. The quantitative estimate of drug-likeness (QED) is 0.311. The molecule has 2 aromatic carbocycles. The van der Waals surface area contributed by atoms with E-state index in [1.54, 1.807) is 7.05 Å². The van der Waals surface area contributed by atoms with E-state index in [0.717, 1.165) is 17.7 Å². The minimum atomic E-state index is -4.21. The van der Waals surface area contributed by atoms with Crippen molar-refractivity contribution in [3.63, 3.8) is 0 Å². The Morgan fingerprint density at radius 2 is 1.84 bits per heavy atom. The van der Waals surface area contributed by atoms with Crippen molar-refractivity contribution in [1.82, 2.24) is 9.62 Å². The average molecular weight is 450 g/mol. The Kier molecular flexibility index (Phi) is 8.05. The Balaban J connectivity index is 1.89. The first-order valence-electron chi connectivity index (χ1n) is 9.03. The lowest BCUT2D eigenvalue weighted by Gasteiger charge is -2.17. The number of nitrogens with zero attached hydrogens (tertiary/aromatic N) is 2. The van der Waals surface area contributed by atoms with Crippen LogP contribution in [0, 0.1) is 10.1 Å². The number of carbonyl (C=O) groups is 2. The number of nitrogens with one attached hydrogen (secondary N) is 2. The fourth-order valence-corrected chi connectivity index (χ4v) is 3.52. The molecule has 0 fully saturated rings. The zero-order chi connectivity index (χ0) is 23.0. The van der Waals surface area contributed by atoms with Gasteiger partial charge in [-0.2, -0.15) is 4.72 Å². The van der Waals surface area contributed by atoms with Gasteiger partial charge in [-0.1, -0.05) is 30.3 Å². The molecule has 12 heteroatoms. The van der Waals surface area contributed by atoms with Crippen LogP contribution >= 0.6 is 0 Å². The number of hydrogen-bond donors (Lipinski definition) is 2. The zero-order valence-electron chi connectivity index (χ0n) is 16.9. The first-order valence-corrected chi connectivity index (χ1v) is 10.5. The summed E-state index contributed by atoms with van der Waals surface area (Å²) in [6.07, 6.45) is 0. The molecule has 0 spiro atoms. The second kappa shape index (κ2) is 10.5. The van der Waals surface area contributed by atoms with E-state index >= 15 is 0 Å². The van der Waals surface area contributed by atoms with Crippen LogP contribution in [-0.4, -0.2) is 57.4 Å². The number of rotatable bonds is 10. The SMILES string of the molecule is CNc1ccc(S(=O)(=O)NCC(=O)OCC(=O)N(C)Cc2ccccc2)cc1[N+](=O)[O-]. The van der Waals surface area contributed by atoms with Crippen molar-refractivity contribution < 1.29 is 27.7 Å². The van der Waals surface area contributed by atoms with Crippen LogP contribution in [0.15, 0.2) is 53.4 Å². The van der Waals surface area contributed by atoms with Gasteiger partial charge in [0.25, 0.3) is 11.6 Å². The predicted molar refractivity (Wildman–Crippen MR) is 112 cm³/mol. The van der Waals surface area contributed by atoms with Crippen LogP contribution in [0.25, 0.3) is 0 Å². The maximum absolute atomic E-state index is 12.3. The Bertz CT molecular complexity index is 1060. The van der Waals surface area contributed by atoms with Crippen LogP contribution in [-0.2, 0) is 30.9 Å². The molecule has 2 aromatic rings. The Morgan fingerprint density at radius 1 is 1.16 bits per heavy atom. The molecule has 0 radical (unpaired) electrons. The van der Waals surface area contributed by atoms with E-state index in [4.69, 9.17) is 4.74 Å². The van der Waals surface area contributed by atoms with E-state index in [1.807, 2.05) is 35.1 Å². The zero-order valence-corrected chi connectivity index (χ0v) is 17.7. The van der Waals surface area contributed by atoms with Crippen LogP contribution in [0.2, 0.25) is 0 Å². The van der Waals surface area contributed by atoms with Gasteiger partial charge < -0.3 is 15.0 Å². The number of sulfonamides is 1. The molecule has 0 saturated carbocycles. The lowest BCUT2D eigenvalue weighted by Crippen LogP contribution is -2.34. The monoisotopic (exact) mass is 450 g/mol. The number of likely N-dealkylation sites (N-methyl/N-ethyl adjacent to an activating group) is 1. The van der Waals surface area contributed by atoms with Crippen molar-refractivity contribution in [3.05, 3.63) is 64.2 Å². The van der Waals surface area contributed by atoms with Gasteiger partial charge in [0.05, 0.1) is 9.82 Å². The molecule has 31 heavy (non-hydrogen) atoms. The first-order chi connectivity index (χ1) is 14.6. The summed E-state index contributed by atoms with van der Waals surface area (Å²) in [5.74, 6) is -1.43. The summed E-state index contributed by atoms with van der Waals surface area (Å²) in [4.78, 5) is 35.3. The number of anilines is 1. The Hall–Kier alpha value is -3.51. The molecule has 2 rings (SSSR count). The highest BCUT2D eigenvalue weighted by Gasteiger charge is 2.22. The maximum Gasteiger partial charge on any atom is 0.321 e. The van der Waals surface area contributed by atoms with Crippen LogP contribution in [0.4, 0.5) is 11.4 Å². The third-order valence-electron chi connectivity index (χ3n) is 4.20. The Morgan fingerprint density at radius 3 is 2.45 bits per heavy atom. The highest BCUT2D eigenvalue weighted by atomic mass is 32.2. The molecular formula is C19H22N4O7S. The molecular weight excluding hydrogens is 428 g/mol. The molecule has 11 nitrogen and oxygen atoms in total. The standard InChI is InChI=1S/C19H22N4O7S/c1-20-16-9-8-15(10-17(16)23(26)27)31(28,29)21-11-19(25)30-13-18(24)22(2)12-14-6-4-3-5-7-14/h3-10,20-21H,11-13H2,1-2H3. The number of ether oxygens (including phenoxy) is 1. The summed E-state index contributed by atoms with van der Waals surface area (Å²) in [5, 5.41) is 13.7. The van der Waals surface area contributed by atoms with Gasteiger partial charge >= 0.3 is 5.97 Å². The topological polar surface area (TPSA) is 148 Å². The molecule has 2 N–H and O–H groups in total. The van der Waals surface area contributed by atoms with Gasteiger partial charge in [-0.25, -0.2) is 8.42 Å². The van der Waals surface area contributed by atoms with Crippen molar-refractivity contribution in [2.24, 2.45) is 0 Å². The fraction of sp³-hybridized carbons (Fsp3) is 0.263. The van der Waals surface area contributed by atoms with Crippen molar-refractivity contribution >= 4 is 33.3 Å². The lowest BCUT2D eigenvalue weighted by atomic mass is 10.2. The van der Waals surface area contributed by atoms with E-state index in [0.29, 0.717) is 6.54 Å². The average Bonchev–Trinajstić information content (AvgIpc) is 2.76. The molecule has 0 atom stereocenters. The first kappa shape index (κ1) is 23.8. The summed E-state index contributed by atoms with van der Waals surface area (Å²) in [7, 11) is -1.20. The molecule has 0 saturated heterocycles. The Labute approximate surface area is 179 Å². The lowest BCUT2D eigenvalue weighted by molar-refractivity contribution is -0.384. The largest absolute Gasteiger partial charge is 0.455 e. The van der Waals surface area contributed by atoms with Gasteiger partial charge in [0.15, 0.2) is 6.61 Å². The summed E-state index contributed by atoms with van der Waals surface area (Å²) >= 11 is 0. The second-order valence-corrected chi connectivity index (χ2v) is 8.17. The number of amides is 1. The molecule has 0 aliphatic carbocycles. The maximum atomic E-state index is 12.3. The molecule has 166 valence electrons. The molecule has 0 unspecified atom stereocenters. The molecule has 0 heterocycles. The fourth-order valence-electron chi connectivity index (χ4n) is 2.53. The van der Waals surface area contributed by atoms with Crippen LogP contribution < -0.4 is 10.0 Å². The van der Waals surface area contributed by atoms with Gasteiger partial charge in [0, 0.05) is 26.7 Å². The summed E-state index contributed by atoms with van der Waals surface area (Å²) < 4.78 is 31.5. The molecule has 0 aliphatic heterocycles. The minimum absolute atomic E-state index is 0.140. The molecule has 0 aliphatic rings. The number of benzene rings is 2. The van der Waals surface area contributed by atoms with Gasteiger partial charge in [0.1, 0.15) is 12.2 Å². The highest BCUT2D eigenvalue weighted by Crippen LogP contribution is 2.26. The van der Waals surface area contributed by atoms with Crippen molar-refractivity contribution in [3.8, 4) is 0 Å². The second-order valence-electron chi connectivity index (χ2n) is 6.41. The minimum Gasteiger partial charge on any atom is -0.455 e. The van der Waals surface area contributed by atoms with E-state index in [2.05, 4.69) is 5.32 Å². The number of esters is 1. The van der Waals surface area contributed by atoms with Gasteiger partial charge in [-0.3, -0.25) is 19.7 Å². The molecule has 0 bridgehead atoms. The van der Waals surface area contributed by atoms with E-state index in [9.17, 15) is 28.1 Å². The van der Waals surface area contributed by atoms with E-state index < -0.39 is 45.7 Å². The molecule has 0 aromatic heterocycles. The third-order valence-corrected chi connectivity index (χ3v) is 5.60. The van der Waals surface area contributed by atoms with Crippen molar-refractivity contribution in [2.45, 2.75) is 11.4 Å². The van der Waals surface area contributed by atoms with E-state index in [-0.39, 0.29) is 10.6 Å². The van der Waals surface area contributed by atoms with Crippen LogP contribution in [0.3, 0.4) is 0 Å². The smallest absolute Gasteiger partial charge is 0.321 e. The highest BCUT2D eigenvalue weighted by molar-refractivity contribution is 7.89.